The standard InChI is InChI=1S/C22H21ClF8O3/c1-19(2,15-8-14(24)4-5-17(15)34-11-33-3)10-20(32,22(29,30)31)9-12-6-13(21(26,27)28)7-16(23)18(12)25/h4-8,32H,9-11H2,1-3H3. The van der Waals surface area contributed by atoms with Crippen LogP contribution in [0.2, 0.25) is 5.02 Å². The zero-order chi connectivity index (χ0) is 26.1. The molecule has 0 spiro atoms. The summed E-state index contributed by atoms with van der Waals surface area (Å²) < 4.78 is 120. The summed E-state index contributed by atoms with van der Waals surface area (Å²) in [5.74, 6) is -2.37. The first-order valence-corrected chi connectivity index (χ1v) is 10.0. The first-order chi connectivity index (χ1) is 15.4. The molecular weight excluding hydrogens is 500 g/mol. The number of halogens is 9. The predicted molar refractivity (Wildman–Crippen MR) is 108 cm³/mol. The minimum absolute atomic E-state index is 0.0360. The SMILES string of the molecule is COCOc1ccc(F)cc1C(C)(C)CC(O)(Cc1cc(C(F)(F)F)cc(Cl)c1F)C(F)(F)F. The molecule has 2 aromatic carbocycles. The maximum Gasteiger partial charge on any atom is 0.417 e. The predicted octanol–water partition coefficient (Wildman–Crippen LogP) is 6.82. The van der Waals surface area contributed by atoms with E-state index in [9.17, 15) is 40.2 Å². The van der Waals surface area contributed by atoms with Gasteiger partial charge in [-0.2, -0.15) is 26.3 Å². The highest BCUT2D eigenvalue weighted by atomic mass is 35.5. The number of ether oxygens (including phenoxy) is 2. The summed E-state index contributed by atoms with van der Waals surface area (Å²) in [4.78, 5) is 0. The Labute approximate surface area is 195 Å². The minimum atomic E-state index is -5.40. The number of aliphatic hydroxyl groups is 1. The molecule has 0 fully saturated rings. The van der Waals surface area contributed by atoms with E-state index in [0.717, 1.165) is 18.2 Å². The van der Waals surface area contributed by atoms with Crippen LogP contribution >= 0.6 is 11.6 Å². The van der Waals surface area contributed by atoms with E-state index in [4.69, 9.17) is 21.1 Å². The number of hydrogen-bond donors (Lipinski definition) is 1. The molecule has 0 aliphatic carbocycles. The van der Waals surface area contributed by atoms with E-state index in [1.54, 1.807) is 0 Å². The second-order valence-corrected chi connectivity index (χ2v) is 8.79. The Bertz CT molecular complexity index is 1020. The van der Waals surface area contributed by atoms with Crippen molar-refractivity contribution in [1.82, 2.24) is 0 Å². The van der Waals surface area contributed by atoms with Gasteiger partial charge < -0.3 is 14.6 Å². The van der Waals surface area contributed by atoms with E-state index in [2.05, 4.69) is 0 Å². The van der Waals surface area contributed by atoms with E-state index in [1.165, 1.54) is 21.0 Å². The topological polar surface area (TPSA) is 38.7 Å². The van der Waals surface area contributed by atoms with E-state index in [0.29, 0.717) is 0 Å². The van der Waals surface area contributed by atoms with Gasteiger partial charge in [-0.1, -0.05) is 25.4 Å². The molecule has 1 atom stereocenters. The van der Waals surface area contributed by atoms with Gasteiger partial charge in [0.15, 0.2) is 12.4 Å². The van der Waals surface area contributed by atoms with Gasteiger partial charge in [-0.25, -0.2) is 8.78 Å². The first kappa shape index (κ1) is 28.1. The van der Waals surface area contributed by atoms with E-state index in [-0.39, 0.29) is 30.2 Å². The van der Waals surface area contributed by atoms with Gasteiger partial charge in [0.25, 0.3) is 0 Å². The van der Waals surface area contributed by atoms with Crippen LogP contribution in [0.5, 0.6) is 5.75 Å². The van der Waals surface area contributed by atoms with Crippen LogP contribution < -0.4 is 4.74 Å². The van der Waals surface area contributed by atoms with Gasteiger partial charge >= 0.3 is 12.4 Å². The second-order valence-electron chi connectivity index (χ2n) is 8.39. The molecule has 0 saturated carbocycles. The van der Waals surface area contributed by atoms with Gasteiger partial charge in [0.2, 0.25) is 0 Å². The lowest BCUT2D eigenvalue weighted by Crippen LogP contribution is -2.51. The molecule has 1 N–H and O–H groups in total. The molecule has 0 aliphatic heterocycles. The van der Waals surface area contributed by atoms with Crippen LogP contribution in [0.25, 0.3) is 0 Å². The summed E-state index contributed by atoms with van der Waals surface area (Å²) in [5, 5.41) is 9.62. The van der Waals surface area contributed by atoms with Gasteiger partial charge in [0.1, 0.15) is 17.4 Å². The third kappa shape index (κ3) is 6.31. The Morgan fingerprint density at radius 1 is 0.971 bits per heavy atom. The highest BCUT2D eigenvalue weighted by Crippen LogP contribution is 2.46. The summed E-state index contributed by atoms with van der Waals surface area (Å²) >= 11 is 5.48. The molecule has 12 heteroatoms. The van der Waals surface area contributed by atoms with Crippen molar-refractivity contribution in [3.8, 4) is 5.75 Å². The lowest BCUT2D eigenvalue weighted by atomic mass is 9.72. The Kier molecular flexibility index (Phi) is 8.16. The molecule has 3 nitrogen and oxygen atoms in total. The Morgan fingerprint density at radius 3 is 2.12 bits per heavy atom. The monoisotopic (exact) mass is 520 g/mol. The molecule has 2 rings (SSSR count). The Hall–Kier alpha value is -2.11. The molecule has 2 aromatic rings. The van der Waals surface area contributed by atoms with Gasteiger partial charge in [0.05, 0.1) is 10.6 Å². The summed E-state index contributed by atoms with van der Waals surface area (Å²) in [5.41, 5.74) is -7.99. The van der Waals surface area contributed by atoms with Crippen LogP contribution in [0.3, 0.4) is 0 Å². The van der Waals surface area contributed by atoms with Crippen LogP contribution in [0.15, 0.2) is 30.3 Å². The van der Waals surface area contributed by atoms with Crippen LogP contribution in [-0.4, -0.2) is 30.8 Å². The molecule has 0 heterocycles. The van der Waals surface area contributed by atoms with Crippen LogP contribution in [-0.2, 0) is 22.7 Å². The average molecular weight is 521 g/mol. The van der Waals surface area contributed by atoms with Crippen molar-refractivity contribution in [1.29, 1.82) is 0 Å². The fourth-order valence-corrected chi connectivity index (χ4v) is 3.86. The highest BCUT2D eigenvalue weighted by Gasteiger charge is 2.56. The molecule has 190 valence electrons. The quantitative estimate of drug-likeness (QED) is 0.306. The largest absolute Gasteiger partial charge is 0.467 e. The fourth-order valence-electron chi connectivity index (χ4n) is 3.62. The molecule has 0 aliphatic rings. The third-order valence-electron chi connectivity index (χ3n) is 5.18. The summed E-state index contributed by atoms with van der Waals surface area (Å²) in [6.45, 7) is 2.17. The molecule has 0 bridgehead atoms. The normalized spacial score (nSPS) is 14.7. The Balaban J connectivity index is 2.56. The number of alkyl halides is 6. The molecule has 34 heavy (non-hydrogen) atoms. The Morgan fingerprint density at radius 2 is 1.59 bits per heavy atom. The van der Waals surface area contributed by atoms with Crippen molar-refractivity contribution in [3.63, 3.8) is 0 Å². The maximum atomic E-state index is 14.4. The molecular formula is C22H21ClF8O3. The van der Waals surface area contributed by atoms with Gasteiger partial charge in [-0.15, -0.1) is 0 Å². The number of rotatable bonds is 8. The lowest BCUT2D eigenvalue weighted by molar-refractivity contribution is -0.266. The summed E-state index contributed by atoms with van der Waals surface area (Å²) in [7, 11) is 1.28. The summed E-state index contributed by atoms with van der Waals surface area (Å²) in [6.07, 6.45) is -13.2. The number of benzene rings is 2. The van der Waals surface area contributed by atoms with Crippen LogP contribution in [0, 0.1) is 11.6 Å². The van der Waals surface area contributed by atoms with Crippen LogP contribution in [0.1, 0.15) is 37.0 Å². The zero-order valence-electron chi connectivity index (χ0n) is 18.2. The number of hydrogen-bond acceptors (Lipinski definition) is 3. The van der Waals surface area contributed by atoms with Crippen molar-refractivity contribution in [2.45, 2.75) is 50.1 Å². The average Bonchev–Trinajstić information content (AvgIpc) is 2.68. The van der Waals surface area contributed by atoms with E-state index < -0.39 is 64.0 Å². The van der Waals surface area contributed by atoms with Gasteiger partial charge in [-0.05, 0) is 47.7 Å². The van der Waals surface area contributed by atoms with Crippen molar-refractivity contribution < 1.29 is 49.7 Å². The van der Waals surface area contributed by atoms with Crippen molar-refractivity contribution in [2.24, 2.45) is 0 Å². The smallest absolute Gasteiger partial charge is 0.417 e. The van der Waals surface area contributed by atoms with Crippen molar-refractivity contribution in [2.75, 3.05) is 13.9 Å². The van der Waals surface area contributed by atoms with Gasteiger partial charge in [-0.3, -0.25) is 0 Å². The van der Waals surface area contributed by atoms with Crippen molar-refractivity contribution in [3.05, 3.63) is 63.7 Å². The maximum absolute atomic E-state index is 14.4. The van der Waals surface area contributed by atoms with E-state index >= 15 is 0 Å². The number of methoxy groups -OCH3 is 1. The highest BCUT2D eigenvalue weighted by molar-refractivity contribution is 6.30. The molecule has 0 aromatic heterocycles. The first-order valence-electron chi connectivity index (χ1n) is 9.67. The van der Waals surface area contributed by atoms with Crippen molar-refractivity contribution >= 4 is 11.6 Å². The second kappa shape index (κ2) is 9.87. The molecule has 0 amide bonds. The van der Waals surface area contributed by atoms with Crippen LogP contribution in [0.4, 0.5) is 35.1 Å². The van der Waals surface area contributed by atoms with E-state index in [1.807, 2.05) is 0 Å². The van der Waals surface area contributed by atoms with Gasteiger partial charge in [0, 0.05) is 19.1 Å². The minimum Gasteiger partial charge on any atom is -0.467 e. The lowest BCUT2D eigenvalue weighted by Gasteiger charge is -2.38. The molecule has 0 saturated heterocycles. The third-order valence-corrected chi connectivity index (χ3v) is 5.45. The molecule has 1 unspecified atom stereocenters. The summed E-state index contributed by atoms with van der Waals surface area (Å²) in [6, 6.07) is 3.47. The fraction of sp³-hybridized carbons (Fsp3) is 0.455. The molecule has 0 radical (unpaired) electrons. The zero-order valence-corrected chi connectivity index (χ0v) is 18.9.